The minimum Gasteiger partial charge on any atom is -0.309 e. The fourth-order valence-corrected chi connectivity index (χ4v) is 5.09. The summed E-state index contributed by atoms with van der Waals surface area (Å²) in [7, 11) is 6.19. The number of aromatic nitrogens is 1. The zero-order chi connectivity index (χ0) is 19.8. The molecule has 0 saturated carbocycles. The molecule has 2 radical (unpaired) electrons. The van der Waals surface area contributed by atoms with E-state index in [0.29, 0.717) is 0 Å². The average molecular weight is 369 g/mol. The molecule has 29 heavy (non-hydrogen) atoms. The molecule has 1 aliphatic carbocycles. The van der Waals surface area contributed by atoms with Crippen molar-refractivity contribution in [3.8, 4) is 16.8 Å². The largest absolute Gasteiger partial charge is 0.309 e. The van der Waals surface area contributed by atoms with Gasteiger partial charge in [-0.3, -0.25) is 0 Å². The normalized spacial score (nSPS) is 14.3. The van der Waals surface area contributed by atoms with Crippen molar-refractivity contribution in [1.82, 2.24) is 4.57 Å². The number of benzene rings is 4. The van der Waals surface area contributed by atoms with E-state index in [1.54, 1.807) is 0 Å². The molecule has 6 rings (SSSR count). The second-order valence-corrected chi connectivity index (χ2v) is 8.53. The van der Waals surface area contributed by atoms with E-state index in [4.69, 9.17) is 7.85 Å². The number of hydrogen-bond acceptors (Lipinski definition) is 0. The Balaban J connectivity index is 1.80. The highest BCUT2D eigenvalue weighted by atomic mass is 15.0. The molecule has 0 unspecified atom stereocenters. The van der Waals surface area contributed by atoms with Crippen LogP contribution in [-0.4, -0.2) is 12.4 Å². The first kappa shape index (κ1) is 16.7. The first-order valence-corrected chi connectivity index (χ1v) is 10.1. The first-order chi connectivity index (χ1) is 14.1. The summed E-state index contributed by atoms with van der Waals surface area (Å²) in [6, 6.07) is 30.4. The number of fused-ring (bicyclic) bond motifs is 6. The van der Waals surface area contributed by atoms with E-state index in [1.165, 1.54) is 49.7 Å². The molecule has 1 aromatic heterocycles. The van der Waals surface area contributed by atoms with Crippen LogP contribution >= 0.6 is 0 Å². The van der Waals surface area contributed by atoms with Crippen LogP contribution in [-0.2, 0) is 5.41 Å². The predicted octanol–water partition coefficient (Wildman–Crippen LogP) is 5.88. The molecule has 0 bridgehead atoms. The van der Waals surface area contributed by atoms with E-state index in [1.807, 2.05) is 6.07 Å². The average Bonchev–Trinajstić information content (AvgIpc) is 3.17. The van der Waals surface area contributed by atoms with Crippen LogP contribution in [0.3, 0.4) is 0 Å². The van der Waals surface area contributed by atoms with Gasteiger partial charge in [0.25, 0.3) is 0 Å². The molecule has 0 aliphatic heterocycles. The van der Waals surface area contributed by atoms with Gasteiger partial charge in [-0.15, -0.1) is 0 Å². The minimum atomic E-state index is -0.0167. The molecular formula is C27H20BN. The van der Waals surface area contributed by atoms with Gasteiger partial charge < -0.3 is 4.57 Å². The lowest BCUT2D eigenvalue weighted by Crippen LogP contribution is -2.14. The Morgan fingerprint density at radius 3 is 2.21 bits per heavy atom. The van der Waals surface area contributed by atoms with Crippen molar-refractivity contribution in [1.29, 1.82) is 0 Å². The van der Waals surface area contributed by atoms with Crippen LogP contribution in [0.2, 0.25) is 0 Å². The summed E-state index contributed by atoms with van der Waals surface area (Å²) in [5, 5.41) is 2.45. The van der Waals surface area contributed by atoms with E-state index < -0.39 is 0 Å². The third-order valence-electron chi connectivity index (χ3n) is 6.51. The summed E-state index contributed by atoms with van der Waals surface area (Å²) >= 11 is 0. The molecule has 0 saturated heterocycles. The minimum absolute atomic E-state index is 0.0167. The molecule has 1 heterocycles. The molecule has 4 aromatic carbocycles. The molecular weight excluding hydrogens is 349 g/mol. The van der Waals surface area contributed by atoms with Gasteiger partial charge in [0.1, 0.15) is 7.85 Å². The molecule has 0 amide bonds. The van der Waals surface area contributed by atoms with Crippen LogP contribution in [0.15, 0.2) is 84.9 Å². The summed E-state index contributed by atoms with van der Waals surface area (Å²) in [6.07, 6.45) is 0. The molecule has 1 aliphatic rings. The molecule has 5 aromatic rings. The molecule has 2 heteroatoms. The first-order valence-electron chi connectivity index (χ1n) is 10.1. The van der Waals surface area contributed by atoms with Crippen LogP contribution in [0.4, 0.5) is 0 Å². The van der Waals surface area contributed by atoms with Gasteiger partial charge in [0.2, 0.25) is 0 Å². The summed E-state index contributed by atoms with van der Waals surface area (Å²) in [5.41, 5.74) is 9.85. The number of nitrogens with zero attached hydrogens (tertiary/aromatic N) is 1. The molecule has 0 fully saturated rings. The van der Waals surface area contributed by atoms with Crippen molar-refractivity contribution >= 4 is 35.1 Å². The van der Waals surface area contributed by atoms with E-state index in [9.17, 15) is 0 Å². The summed E-state index contributed by atoms with van der Waals surface area (Å²) in [5.74, 6) is 0. The van der Waals surface area contributed by atoms with Crippen LogP contribution in [0.5, 0.6) is 0 Å². The molecule has 136 valence electrons. The number of rotatable bonds is 1. The topological polar surface area (TPSA) is 4.93 Å². The zero-order valence-corrected chi connectivity index (χ0v) is 16.6. The van der Waals surface area contributed by atoms with E-state index in [-0.39, 0.29) is 5.41 Å². The maximum absolute atomic E-state index is 6.19. The lowest BCUT2D eigenvalue weighted by molar-refractivity contribution is 0.661. The van der Waals surface area contributed by atoms with Crippen LogP contribution < -0.4 is 5.46 Å². The van der Waals surface area contributed by atoms with E-state index in [2.05, 4.69) is 97.3 Å². The highest BCUT2D eigenvalue weighted by Gasteiger charge is 2.36. The van der Waals surface area contributed by atoms with Crippen molar-refractivity contribution < 1.29 is 0 Å². The van der Waals surface area contributed by atoms with Crippen molar-refractivity contribution in [2.75, 3.05) is 0 Å². The van der Waals surface area contributed by atoms with Crippen LogP contribution in [0.1, 0.15) is 25.0 Å². The standard InChI is InChI=1S/C27H20BN/c1-27(2)23-11-7-6-10-19(23)20-15-22-21-14-17(28)12-13-25(21)29(26(22)16-24(20)27)18-8-4-3-5-9-18/h3-16H,1-2H3. The SMILES string of the molecule is [B]c1ccc2c(c1)c1cc3c(cc1n2-c1ccccc1)C(C)(C)c1ccccc1-3. The fourth-order valence-electron chi connectivity index (χ4n) is 5.09. The van der Waals surface area contributed by atoms with Crippen molar-refractivity contribution in [2.45, 2.75) is 19.3 Å². The zero-order valence-electron chi connectivity index (χ0n) is 16.6. The second-order valence-electron chi connectivity index (χ2n) is 8.53. The molecule has 0 atom stereocenters. The van der Waals surface area contributed by atoms with Crippen molar-refractivity contribution in [3.63, 3.8) is 0 Å². The summed E-state index contributed by atoms with van der Waals surface area (Å²) < 4.78 is 2.36. The lowest BCUT2D eigenvalue weighted by Gasteiger charge is -2.21. The van der Waals surface area contributed by atoms with E-state index >= 15 is 0 Å². The number of hydrogen-bond donors (Lipinski definition) is 0. The van der Waals surface area contributed by atoms with Gasteiger partial charge in [-0.05, 0) is 52.6 Å². The Morgan fingerprint density at radius 2 is 1.38 bits per heavy atom. The summed E-state index contributed by atoms with van der Waals surface area (Å²) in [4.78, 5) is 0. The lowest BCUT2D eigenvalue weighted by atomic mass is 9.82. The smallest absolute Gasteiger partial charge is 0.113 e. The Kier molecular flexibility index (Phi) is 3.24. The highest BCUT2D eigenvalue weighted by molar-refractivity contribution is 6.34. The Labute approximate surface area is 172 Å². The fraction of sp³-hybridized carbons (Fsp3) is 0.111. The molecule has 0 spiro atoms. The second kappa shape index (κ2) is 5.64. The quantitative estimate of drug-likeness (QED) is 0.325. The monoisotopic (exact) mass is 369 g/mol. The highest BCUT2D eigenvalue weighted by Crippen LogP contribution is 2.50. The number of para-hydroxylation sites is 1. The van der Waals surface area contributed by atoms with Gasteiger partial charge >= 0.3 is 0 Å². The van der Waals surface area contributed by atoms with Gasteiger partial charge in [-0.25, -0.2) is 0 Å². The molecule has 0 N–H and O–H groups in total. The van der Waals surface area contributed by atoms with E-state index in [0.717, 1.165) is 5.46 Å². The van der Waals surface area contributed by atoms with Gasteiger partial charge in [0.05, 0.1) is 11.0 Å². The maximum Gasteiger partial charge on any atom is 0.113 e. The van der Waals surface area contributed by atoms with Crippen molar-refractivity contribution in [2.24, 2.45) is 0 Å². The van der Waals surface area contributed by atoms with Gasteiger partial charge in [0.15, 0.2) is 0 Å². The molecule has 1 nitrogen and oxygen atoms in total. The third-order valence-corrected chi connectivity index (χ3v) is 6.51. The van der Waals surface area contributed by atoms with Crippen molar-refractivity contribution in [3.05, 3.63) is 96.1 Å². The van der Waals surface area contributed by atoms with Crippen LogP contribution in [0, 0.1) is 0 Å². The third kappa shape index (κ3) is 2.17. The Bertz CT molecular complexity index is 1420. The van der Waals surface area contributed by atoms with Crippen LogP contribution in [0.25, 0.3) is 38.6 Å². The predicted molar refractivity (Wildman–Crippen MR) is 124 cm³/mol. The van der Waals surface area contributed by atoms with Gasteiger partial charge in [0, 0.05) is 21.9 Å². The maximum atomic E-state index is 6.19. The summed E-state index contributed by atoms with van der Waals surface area (Å²) in [6.45, 7) is 4.66. The van der Waals surface area contributed by atoms with Gasteiger partial charge in [-0.2, -0.15) is 0 Å². The Hall–Kier alpha value is -3.26. The van der Waals surface area contributed by atoms with Gasteiger partial charge in [-0.1, -0.05) is 73.9 Å². The Morgan fingerprint density at radius 1 is 0.655 bits per heavy atom.